The van der Waals surface area contributed by atoms with E-state index in [1.165, 1.54) is 17.1 Å². The third-order valence-electron chi connectivity index (χ3n) is 1.42. The monoisotopic (exact) mass is 117 g/mol. The van der Waals surface area contributed by atoms with Gasteiger partial charge in [0.1, 0.15) is 0 Å². The average molecular weight is 117 g/mol. The first kappa shape index (κ1) is 6.09. The van der Waals surface area contributed by atoms with Crippen molar-refractivity contribution in [1.29, 1.82) is 0 Å². The molecule has 0 bridgehead atoms. The van der Waals surface area contributed by atoms with E-state index in [2.05, 4.69) is 19.7 Å². The Morgan fingerprint density at radius 3 is 1.33 bits per heavy atom. The number of rotatable bonds is 3. The van der Waals surface area contributed by atoms with Crippen LogP contribution in [0, 0.1) is 5.92 Å². The number of hydrogen-bond donors (Lipinski definition) is 0. The largest absolute Gasteiger partial charge is 0.102 e. The molecule has 0 aliphatic heterocycles. The van der Waals surface area contributed by atoms with Gasteiger partial charge in [0.2, 0.25) is 0 Å². The van der Waals surface area contributed by atoms with E-state index in [4.69, 9.17) is 0 Å². The van der Waals surface area contributed by atoms with Gasteiger partial charge >= 0.3 is 0 Å². The lowest BCUT2D eigenvalue weighted by molar-refractivity contribution is 1.62. The molecular formula is C9H9. The molecule has 9 heavy (non-hydrogen) atoms. The van der Waals surface area contributed by atoms with Crippen LogP contribution in [0.2, 0.25) is 0 Å². The summed E-state index contributed by atoms with van der Waals surface area (Å²) in [5, 5.41) is 0. The standard InChI is InChI=1S/C9H9/c1-4-7-8(5-2)9(7)6-3/h4-6H,1-3H2. The molecule has 0 aromatic rings. The van der Waals surface area contributed by atoms with Crippen molar-refractivity contribution in [3.05, 3.63) is 55.0 Å². The Morgan fingerprint density at radius 1 is 0.778 bits per heavy atom. The molecule has 0 unspecified atom stereocenters. The summed E-state index contributed by atoms with van der Waals surface area (Å²) < 4.78 is 0. The molecule has 0 saturated heterocycles. The highest BCUT2D eigenvalue weighted by atomic mass is 14.3. The molecule has 0 atom stereocenters. The minimum absolute atomic E-state index is 1.19. The highest BCUT2D eigenvalue weighted by Gasteiger charge is 2.29. The van der Waals surface area contributed by atoms with Crippen LogP contribution in [0.1, 0.15) is 0 Å². The highest BCUT2D eigenvalue weighted by Crippen LogP contribution is 2.43. The van der Waals surface area contributed by atoms with Gasteiger partial charge in [0.05, 0.1) is 5.92 Å². The molecule has 0 spiro atoms. The first-order valence-corrected chi connectivity index (χ1v) is 2.84. The quantitative estimate of drug-likeness (QED) is 0.532. The minimum Gasteiger partial charge on any atom is -0.102 e. The van der Waals surface area contributed by atoms with Gasteiger partial charge < -0.3 is 0 Å². The Bertz CT molecular complexity index is 176. The van der Waals surface area contributed by atoms with E-state index in [-0.39, 0.29) is 0 Å². The van der Waals surface area contributed by atoms with Gasteiger partial charge in [-0.25, -0.2) is 0 Å². The fourth-order valence-electron chi connectivity index (χ4n) is 0.893. The van der Waals surface area contributed by atoms with E-state index in [0.717, 1.165) is 0 Å². The molecule has 0 saturated carbocycles. The molecular weight excluding hydrogens is 108 g/mol. The second kappa shape index (κ2) is 2.06. The zero-order valence-electron chi connectivity index (χ0n) is 5.35. The van der Waals surface area contributed by atoms with Gasteiger partial charge in [0, 0.05) is 0 Å². The van der Waals surface area contributed by atoms with Crippen molar-refractivity contribution in [3.8, 4) is 0 Å². The zero-order chi connectivity index (χ0) is 6.85. The van der Waals surface area contributed by atoms with Crippen molar-refractivity contribution in [3.63, 3.8) is 0 Å². The van der Waals surface area contributed by atoms with Crippen molar-refractivity contribution in [2.75, 3.05) is 0 Å². The normalized spacial score (nSPS) is 17.3. The molecule has 0 aromatic heterocycles. The van der Waals surface area contributed by atoms with Crippen LogP contribution in [0.25, 0.3) is 0 Å². The van der Waals surface area contributed by atoms with Crippen molar-refractivity contribution in [2.45, 2.75) is 0 Å². The lowest BCUT2D eigenvalue weighted by Gasteiger charge is -1.79. The van der Waals surface area contributed by atoms with E-state index in [9.17, 15) is 0 Å². The van der Waals surface area contributed by atoms with E-state index in [1.54, 1.807) is 0 Å². The summed E-state index contributed by atoms with van der Waals surface area (Å²) in [6.45, 7) is 10.9. The van der Waals surface area contributed by atoms with E-state index in [0.29, 0.717) is 0 Å². The van der Waals surface area contributed by atoms with Gasteiger partial charge in [0.25, 0.3) is 0 Å². The summed E-state index contributed by atoms with van der Waals surface area (Å²) >= 11 is 0. The SMILES string of the molecule is C=C[C]1C(C=C)=C1C=C. The Labute approximate surface area is 55.9 Å². The second-order valence-electron chi connectivity index (χ2n) is 1.85. The summed E-state index contributed by atoms with van der Waals surface area (Å²) in [6.07, 6.45) is 5.48. The summed E-state index contributed by atoms with van der Waals surface area (Å²) in [7, 11) is 0. The van der Waals surface area contributed by atoms with Crippen LogP contribution >= 0.6 is 0 Å². The summed E-state index contributed by atoms with van der Waals surface area (Å²) in [4.78, 5) is 0. The Kier molecular flexibility index (Phi) is 1.39. The molecule has 0 heterocycles. The lowest BCUT2D eigenvalue weighted by atomic mass is 10.2. The Morgan fingerprint density at radius 2 is 1.22 bits per heavy atom. The molecule has 45 valence electrons. The van der Waals surface area contributed by atoms with Gasteiger partial charge in [0.15, 0.2) is 0 Å². The molecule has 1 radical (unpaired) electrons. The van der Waals surface area contributed by atoms with Gasteiger partial charge in [-0.05, 0) is 11.1 Å². The molecule has 1 rings (SSSR count). The molecule has 1 aliphatic carbocycles. The lowest BCUT2D eigenvalue weighted by Crippen LogP contribution is -1.65. The molecule has 0 nitrogen and oxygen atoms in total. The molecule has 0 fully saturated rings. The molecule has 0 aromatic carbocycles. The van der Waals surface area contributed by atoms with Crippen molar-refractivity contribution in [2.24, 2.45) is 0 Å². The maximum atomic E-state index is 3.64. The van der Waals surface area contributed by atoms with Crippen LogP contribution in [0.15, 0.2) is 49.1 Å². The highest BCUT2D eigenvalue weighted by molar-refractivity contribution is 5.73. The van der Waals surface area contributed by atoms with Gasteiger partial charge in [-0.2, -0.15) is 0 Å². The third kappa shape index (κ3) is 0.765. The number of hydrogen-bond acceptors (Lipinski definition) is 0. The van der Waals surface area contributed by atoms with Crippen LogP contribution in [-0.2, 0) is 0 Å². The van der Waals surface area contributed by atoms with Crippen LogP contribution in [0.5, 0.6) is 0 Å². The van der Waals surface area contributed by atoms with E-state index in [1.807, 2.05) is 18.2 Å². The van der Waals surface area contributed by atoms with E-state index >= 15 is 0 Å². The van der Waals surface area contributed by atoms with Gasteiger partial charge in [-0.3, -0.25) is 0 Å². The topological polar surface area (TPSA) is 0 Å². The Balaban J connectivity index is 2.70. The molecule has 1 aliphatic rings. The number of allylic oxidation sites excluding steroid dienone is 5. The summed E-state index contributed by atoms with van der Waals surface area (Å²) in [5.74, 6) is 1.19. The smallest absolute Gasteiger partial charge is 0.0557 e. The first-order valence-electron chi connectivity index (χ1n) is 2.84. The third-order valence-corrected chi connectivity index (χ3v) is 1.42. The van der Waals surface area contributed by atoms with Gasteiger partial charge in [-0.1, -0.05) is 31.4 Å². The molecule has 0 N–H and O–H groups in total. The fourth-order valence-corrected chi connectivity index (χ4v) is 0.893. The summed E-state index contributed by atoms with van der Waals surface area (Å²) in [6, 6.07) is 0. The van der Waals surface area contributed by atoms with Crippen molar-refractivity contribution < 1.29 is 0 Å². The first-order chi connectivity index (χ1) is 4.35. The second-order valence-corrected chi connectivity index (χ2v) is 1.85. The minimum atomic E-state index is 1.19. The average Bonchev–Trinajstić information content (AvgIpc) is 2.59. The fraction of sp³-hybridized carbons (Fsp3) is 0. The van der Waals surface area contributed by atoms with Crippen LogP contribution in [0.3, 0.4) is 0 Å². The molecule has 0 heteroatoms. The maximum Gasteiger partial charge on any atom is 0.0557 e. The maximum absolute atomic E-state index is 3.64. The van der Waals surface area contributed by atoms with E-state index < -0.39 is 0 Å². The van der Waals surface area contributed by atoms with Crippen LogP contribution in [-0.4, -0.2) is 0 Å². The van der Waals surface area contributed by atoms with Crippen LogP contribution < -0.4 is 0 Å². The predicted molar refractivity (Wildman–Crippen MR) is 40.9 cm³/mol. The van der Waals surface area contributed by atoms with Crippen LogP contribution in [0.4, 0.5) is 0 Å². The summed E-state index contributed by atoms with van der Waals surface area (Å²) in [5.41, 5.74) is 2.39. The molecule has 0 amide bonds. The predicted octanol–water partition coefficient (Wildman–Crippen LogP) is 2.43. The van der Waals surface area contributed by atoms with Crippen molar-refractivity contribution in [1.82, 2.24) is 0 Å². The van der Waals surface area contributed by atoms with Gasteiger partial charge in [-0.15, -0.1) is 6.58 Å². The zero-order valence-corrected chi connectivity index (χ0v) is 5.35. The Hall–Kier alpha value is -1.04. The van der Waals surface area contributed by atoms with Crippen molar-refractivity contribution >= 4 is 0 Å².